The maximum atomic E-state index is 12.9. The first-order valence-electron chi connectivity index (χ1n) is 10.3. The molecule has 1 aliphatic heterocycles. The molecule has 0 saturated carbocycles. The summed E-state index contributed by atoms with van der Waals surface area (Å²) in [6, 6.07) is 15.7. The molecule has 1 unspecified atom stereocenters. The van der Waals surface area contributed by atoms with Crippen LogP contribution in [0.4, 0.5) is 4.79 Å². The molecule has 1 atom stereocenters. The summed E-state index contributed by atoms with van der Waals surface area (Å²) in [5.41, 5.74) is 2.44. The van der Waals surface area contributed by atoms with E-state index in [9.17, 15) is 9.59 Å². The molecule has 1 aromatic heterocycles. The van der Waals surface area contributed by atoms with Crippen LogP contribution in [0.25, 0.3) is 11.4 Å². The molecular weight excluding hydrogens is 442 g/mol. The van der Waals surface area contributed by atoms with Gasteiger partial charge in [-0.25, -0.2) is 14.6 Å². The van der Waals surface area contributed by atoms with Crippen LogP contribution in [0.3, 0.4) is 0 Å². The van der Waals surface area contributed by atoms with Gasteiger partial charge in [0.2, 0.25) is 5.16 Å². The number of nitrogens with one attached hydrogen (secondary N) is 3. The van der Waals surface area contributed by atoms with E-state index in [4.69, 9.17) is 9.47 Å². The van der Waals surface area contributed by atoms with E-state index < -0.39 is 18.0 Å². The first-order chi connectivity index (χ1) is 16.1. The standard InChI is InChI=1S/C23H23N5O4S/c1-3-32-21(29)18-17(13-33-23-26-20(27-28-23)15-7-5-4-6-8-15)24-22(30)25-19(18)14-9-11-16(31-2)12-10-14/h4-12,19H,3,13H2,1-2H3,(H2,24,25,30)(H,26,27,28). The number of H-pyrrole nitrogens is 1. The molecule has 0 saturated heterocycles. The molecule has 0 fully saturated rings. The topological polar surface area (TPSA) is 118 Å². The van der Waals surface area contributed by atoms with Gasteiger partial charge in [0.25, 0.3) is 0 Å². The van der Waals surface area contributed by atoms with Crippen LogP contribution in [0.2, 0.25) is 0 Å². The van der Waals surface area contributed by atoms with Gasteiger partial charge < -0.3 is 20.1 Å². The van der Waals surface area contributed by atoms with Gasteiger partial charge in [0.05, 0.1) is 25.3 Å². The summed E-state index contributed by atoms with van der Waals surface area (Å²) in [4.78, 5) is 29.8. The highest BCUT2D eigenvalue weighted by Gasteiger charge is 2.33. The number of methoxy groups -OCH3 is 1. The minimum atomic E-state index is -0.661. The number of amides is 2. The number of aromatic amines is 1. The molecule has 4 rings (SSSR count). The lowest BCUT2D eigenvalue weighted by Gasteiger charge is -2.29. The normalized spacial score (nSPS) is 15.6. The highest BCUT2D eigenvalue weighted by molar-refractivity contribution is 7.99. The second kappa shape index (κ2) is 10.2. The first kappa shape index (κ1) is 22.4. The van der Waals surface area contributed by atoms with Crippen LogP contribution >= 0.6 is 11.8 Å². The summed E-state index contributed by atoms with van der Waals surface area (Å²) in [6.07, 6.45) is 0. The third kappa shape index (κ3) is 5.17. The zero-order chi connectivity index (χ0) is 23.2. The number of hydrogen-bond donors (Lipinski definition) is 3. The summed E-state index contributed by atoms with van der Waals surface area (Å²) in [6.45, 7) is 1.95. The van der Waals surface area contributed by atoms with Gasteiger partial charge in [0.1, 0.15) is 5.75 Å². The number of rotatable bonds is 8. The van der Waals surface area contributed by atoms with Crippen LogP contribution < -0.4 is 15.4 Å². The molecule has 0 aliphatic carbocycles. The van der Waals surface area contributed by atoms with E-state index in [-0.39, 0.29) is 12.4 Å². The van der Waals surface area contributed by atoms with Crippen LogP contribution in [0.1, 0.15) is 18.5 Å². The molecule has 33 heavy (non-hydrogen) atoms. The number of nitrogens with zero attached hydrogens (tertiary/aromatic N) is 2. The first-order valence-corrected chi connectivity index (χ1v) is 11.3. The van der Waals surface area contributed by atoms with Crippen LogP contribution in [0.5, 0.6) is 5.75 Å². The number of thioether (sulfide) groups is 1. The Morgan fingerprint density at radius 1 is 1.12 bits per heavy atom. The van der Waals surface area contributed by atoms with Gasteiger partial charge in [-0.15, -0.1) is 5.10 Å². The molecule has 0 spiro atoms. The fraction of sp³-hybridized carbons (Fsp3) is 0.217. The molecule has 2 heterocycles. The third-order valence-electron chi connectivity index (χ3n) is 4.96. The highest BCUT2D eigenvalue weighted by atomic mass is 32.2. The largest absolute Gasteiger partial charge is 0.497 e. The fourth-order valence-corrected chi connectivity index (χ4v) is 4.17. The van der Waals surface area contributed by atoms with Gasteiger partial charge in [-0.3, -0.25) is 5.10 Å². The van der Waals surface area contributed by atoms with E-state index in [2.05, 4.69) is 25.8 Å². The van der Waals surface area contributed by atoms with Crippen LogP contribution in [0, 0.1) is 0 Å². The second-order valence-corrected chi connectivity index (χ2v) is 7.98. The predicted octanol–water partition coefficient (Wildman–Crippen LogP) is 3.44. The lowest BCUT2D eigenvalue weighted by Crippen LogP contribution is -2.46. The average Bonchev–Trinajstić information content (AvgIpc) is 3.32. The summed E-state index contributed by atoms with van der Waals surface area (Å²) in [7, 11) is 1.58. The number of hydrogen-bond acceptors (Lipinski definition) is 7. The number of benzene rings is 2. The number of carbonyl (C=O) groups is 2. The number of aromatic nitrogens is 3. The molecule has 2 amide bonds. The zero-order valence-electron chi connectivity index (χ0n) is 18.1. The molecule has 1 aliphatic rings. The van der Waals surface area contributed by atoms with Crippen molar-refractivity contribution in [3.05, 3.63) is 71.4 Å². The van der Waals surface area contributed by atoms with Crippen molar-refractivity contribution in [3.8, 4) is 17.1 Å². The van der Waals surface area contributed by atoms with Gasteiger partial charge in [0, 0.05) is 17.0 Å². The fourth-order valence-electron chi connectivity index (χ4n) is 3.40. The van der Waals surface area contributed by atoms with Gasteiger partial charge in [-0.1, -0.05) is 54.2 Å². The van der Waals surface area contributed by atoms with Crippen molar-refractivity contribution in [1.82, 2.24) is 25.8 Å². The van der Waals surface area contributed by atoms with Crippen molar-refractivity contribution in [2.75, 3.05) is 19.5 Å². The van der Waals surface area contributed by atoms with Crippen molar-refractivity contribution in [2.45, 2.75) is 18.1 Å². The Morgan fingerprint density at radius 3 is 2.58 bits per heavy atom. The molecule has 170 valence electrons. The number of esters is 1. The number of carbonyl (C=O) groups excluding carboxylic acids is 2. The maximum absolute atomic E-state index is 12.9. The summed E-state index contributed by atoms with van der Waals surface area (Å²) in [5.74, 6) is 1.10. The van der Waals surface area contributed by atoms with E-state index in [0.29, 0.717) is 28.0 Å². The van der Waals surface area contributed by atoms with E-state index >= 15 is 0 Å². The third-order valence-corrected chi connectivity index (χ3v) is 5.83. The van der Waals surface area contributed by atoms with E-state index in [1.807, 2.05) is 30.3 Å². The van der Waals surface area contributed by atoms with Crippen LogP contribution in [0.15, 0.2) is 71.0 Å². The molecule has 3 N–H and O–H groups in total. The molecule has 0 bridgehead atoms. The molecule has 9 nitrogen and oxygen atoms in total. The van der Waals surface area contributed by atoms with Crippen molar-refractivity contribution in [3.63, 3.8) is 0 Å². The van der Waals surface area contributed by atoms with Crippen LogP contribution in [-0.4, -0.2) is 46.7 Å². The Kier molecular flexibility index (Phi) is 6.94. The number of urea groups is 1. The Labute approximate surface area is 195 Å². The van der Waals surface area contributed by atoms with Gasteiger partial charge in [-0.2, -0.15) is 0 Å². The molecule has 0 radical (unpaired) electrons. The second-order valence-electron chi connectivity index (χ2n) is 7.04. The Hall–Kier alpha value is -3.79. The zero-order valence-corrected chi connectivity index (χ0v) is 18.9. The Balaban J connectivity index is 1.61. The van der Waals surface area contributed by atoms with Crippen molar-refractivity contribution in [2.24, 2.45) is 0 Å². The minimum Gasteiger partial charge on any atom is -0.497 e. The Bertz CT molecular complexity index is 1160. The quantitative estimate of drug-likeness (QED) is 0.344. The van der Waals surface area contributed by atoms with E-state index in [1.54, 1.807) is 38.3 Å². The van der Waals surface area contributed by atoms with E-state index in [0.717, 1.165) is 11.1 Å². The molecule has 3 aromatic rings. The van der Waals surface area contributed by atoms with Crippen molar-refractivity contribution in [1.29, 1.82) is 0 Å². The smallest absolute Gasteiger partial charge is 0.338 e. The Morgan fingerprint density at radius 2 is 1.88 bits per heavy atom. The summed E-state index contributed by atoms with van der Waals surface area (Å²) in [5, 5.41) is 13.2. The SMILES string of the molecule is CCOC(=O)C1=C(CSc2n[nH]c(-c3ccccc3)n2)NC(=O)NC1c1ccc(OC)cc1. The average molecular weight is 466 g/mol. The van der Waals surface area contributed by atoms with Gasteiger partial charge in [-0.05, 0) is 24.6 Å². The monoisotopic (exact) mass is 465 g/mol. The lowest BCUT2D eigenvalue weighted by molar-refractivity contribution is -0.139. The van der Waals surface area contributed by atoms with Gasteiger partial charge in [0.15, 0.2) is 5.82 Å². The molecule has 10 heteroatoms. The van der Waals surface area contributed by atoms with Gasteiger partial charge >= 0.3 is 12.0 Å². The number of ether oxygens (including phenoxy) is 2. The highest BCUT2D eigenvalue weighted by Crippen LogP contribution is 2.31. The summed E-state index contributed by atoms with van der Waals surface area (Å²) >= 11 is 1.31. The summed E-state index contributed by atoms with van der Waals surface area (Å²) < 4.78 is 10.5. The van der Waals surface area contributed by atoms with E-state index in [1.165, 1.54) is 11.8 Å². The van der Waals surface area contributed by atoms with Crippen LogP contribution in [-0.2, 0) is 9.53 Å². The molecule has 2 aromatic carbocycles. The minimum absolute atomic E-state index is 0.216. The lowest BCUT2D eigenvalue weighted by atomic mass is 9.95. The van der Waals surface area contributed by atoms with Crippen molar-refractivity contribution < 1.29 is 19.1 Å². The van der Waals surface area contributed by atoms with Crippen molar-refractivity contribution >= 4 is 23.8 Å². The predicted molar refractivity (Wildman–Crippen MR) is 124 cm³/mol. The molecular formula is C23H23N5O4S. The maximum Gasteiger partial charge on any atom is 0.338 e.